The van der Waals surface area contributed by atoms with Gasteiger partial charge in [0.2, 0.25) is 0 Å². The fourth-order valence-corrected chi connectivity index (χ4v) is 4.40. The third kappa shape index (κ3) is 3.26. The van der Waals surface area contributed by atoms with Crippen molar-refractivity contribution in [3.8, 4) is 0 Å². The van der Waals surface area contributed by atoms with Crippen molar-refractivity contribution >= 4 is 34.7 Å². The third-order valence-corrected chi connectivity index (χ3v) is 6.55. The van der Waals surface area contributed by atoms with E-state index in [2.05, 4.69) is 47.2 Å². The quantitative estimate of drug-likeness (QED) is 0.811. The molecule has 4 nitrogen and oxygen atoms in total. The molecule has 0 atom stereocenters. The Kier molecular flexibility index (Phi) is 4.76. The number of aliphatic imine (C=N–C) groups is 1. The number of piperidine rings is 1. The molecule has 0 amide bonds. The van der Waals surface area contributed by atoms with E-state index in [0.29, 0.717) is 16.6 Å². The number of anilines is 1. The van der Waals surface area contributed by atoms with E-state index in [1.807, 2.05) is 12.1 Å². The molecule has 1 spiro atoms. The Morgan fingerprint density at radius 2 is 1.88 bits per heavy atom. The van der Waals surface area contributed by atoms with Gasteiger partial charge in [0.05, 0.1) is 16.6 Å². The van der Waals surface area contributed by atoms with Crippen LogP contribution in [-0.4, -0.2) is 35.4 Å². The van der Waals surface area contributed by atoms with Crippen molar-refractivity contribution in [2.45, 2.75) is 25.8 Å². The first-order valence-corrected chi connectivity index (χ1v) is 9.81. The van der Waals surface area contributed by atoms with Gasteiger partial charge in [-0.25, -0.2) is 0 Å². The molecule has 4 rings (SSSR count). The molecular weight excluding hydrogens is 367 g/mol. The minimum atomic E-state index is 0.0574. The molecule has 0 aliphatic carbocycles. The number of hydrogen-bond acceptors (Lipinski definition) is 2. The summed E-state index contributed by atoms with van der Waals surface area (Å²) in [4.78, 5) is 7.42. The minimum absolute atomic E-state index is 0.0574. The molecule has 1 aromatic carbocycles. The first-order valence-electron chi connectivity index (χ1n) is 9.05. The van der Waals surface area contributed by atoms with E-state index in [1.54, 1.807) is 0 Å². The number of aryl methyl sites for hydroxylation is 1. The topological polar surface area (TPSA) is 32.6 Å². The lowest BCUT2D eigenvalue weighted by molar-refractivity contribution is 0.178. The summed E-state index contributed by atoms with van der Waals surface area (Å²) in [6, 6.07) is 8.13. The van der Waals surface area contributed by atoms with Crippen LogP contribution in [0.25, 0.3) is 0 Å². The number of hydrogen-bond donors (Lipinski definition) is 1. The van der Waals surface area contributed by atoms with Crippen LogP contribution in [0.1, 0.15) is 24.1 Å². The average molecular weight is 391 g/mol. The normalized spacial score (nSPS) is 21.0. The summed E-state index contributed by atoms with van der Waals surface area (Å²) >= 11 is 12.5. The van der Waals surface area contributed by atoms with Crippen LogP contribution in [0.5, 0.6) is 0 Å². The number of nitrogens with zero attached hydrogens (tertiary/aromatic N) is 3. The number of nitrogens with one attached hydrogen (secondary N) is 1. The smallest absolute Gasteiger partial charge is 0.108 e. The van der Waals surface area contributed by atoms with Crippen molar-refractivity contribution < 1.29 is 0 Å². The molecule has 6 heteroatoms. The molecule has 0 radical (unpaired) electrons. The van der Waals surface area contributed by atoms with Gasteiger partial charge in [-0.1, -0.05) is 23.2 Å². The number of halogens is 2. The molecule has 0 bridgehead atoms. The predicted molar refractivity (Wildman–Crippen MR) is 110 cm³/mol. The Bertz CT molecular complexity index is 847. The van der Waals surface area contributed by atoms with E-state index in [9.17, 15) is 0 Å². The summed E-state index contributed by atoms with van der Waals surface area (Å²) in [5.41, 5.74) is 3.54. The van der Waals surface area contributed by atoms with Crippen molar-refractivity contribution in [3.05, 3.63) is 51.8 Å². The Hall–Kier alpha value is -1.49. The second kappa shape index (κ2) is 6.91. The molecule has 1 N–H and O–H groups in total. The Balaban J connectivity index is 1.71. The van der Waals surface area contributed by atoms with Crippen molar-refractivity contribution in [2.24, 2.45) is 17.5 Å². The van der Waals surface area contributed by atoms with Crippen LogP contribution in [0, 0.1) is 5.41 Å². The van der Waals surface area contributed by atoms with Gasteiger partial charge in [-0.05, 0) is 69.2 Å². The molecule has 1 saturated heterocycles. The summed E-state index contributed by atoms with van der Waals surface area (Å²) in [5.74, 6) is 1.10. The van der Waals surface area contributed by atoms with Gasteiger partial charge in [0.15, 0.2) is 0 Å². The lowest BCUT2D eigenvalue weighted by Gasteiger charge is -2.45. The van der Waals surface area contributed by atoms with E-state index in [-0.39, 0.29) is 5.41 Å². The van der Waals surface area contributed by atoms with Crippen LogP contribution >= 0.6 is 23.2 Å². The van der Waals surface area contributed by atoms with Crippen molar-refractivity contribution in [1.29, 1.82) is 0 Å². The maximum absolute atomic E-state index is 6.28. The average Bonchev–Trinajstić information content (AvgIpc) is 3.02. The molecule has 1 fully saturated rings. The number of amidine groups is 1. The van der Waals surface area contributed by atoms with Gasteiger partial charge in [-0.2, -0.15) is 0 Å². The van der Waals surface area contributed by atoms with Gasteiger partial charge >= 0.3 is 0 Å². The fraction of sp³-hybridized carbons (Fsp3) is 0.450. The van der Waals surface area contributed by atoms with Crippen molar-refractivity contribution in [1.82, 2.24) is 9.47 Å². The standard InChI is InChI=1S/C20H24Cl2N4/c1-25-8-5-20(6-9-25)12-14-10-16(21)17(22)11-18(14)24-19(20)23-13-15-4-3-7-26(15)2/h3-4,7,10-11H,5-6,8-9,12-13H2,1-2H3,(H,23,24). The van der Waals surface area contributed by atoms with Crippen LogP contribution in [0.3, 0.4) is 0 Å². The van der Waals surface area contributed by atoms with Crippen molar-refractivity contribution in [3.63, 3.8) is 0 Å². The molecular formula is C20H24Cl2N4. The molecule has 138 valence electrons. The third-order valence-electron chi connectivity index (χ3n) is 5.83. The number of fused-ring (bicyclic) bond motifs is 1. The summed E-state index contributed by atoms with van der Waals surface area (Å²) in [5, 5.41) is 4.81. The zero-order chi connectivity index (χ0) is 18.3. The molecule has 1 aromatic heterocycles. The number of rotatable bonds is 2. The highest BCUT2D eigenvalue weighted by Crippen LogP contribution is 2.44. The molecule has 2 aromatic rings. The summed E-state index contributed by atoms with van der Waals surface area (Å²) in [6.07, 6.45) is 5.22. The zero-order valence-electron chi connectivity index (χ0n) is 15.2. The molecule has 2 aliphatic rings. The Labute approximate surface area is 164 Å². The number of likely N-dealkylation sites (tertiary alicyclic amines) is 1. The van der Waals surface area contributed by atoms with E-state index < -0.39 is 0 Å². The first-order chi connectivity index (χ1) is 12.5. The van der Waals surface area contributed by atoms with Gasteiger partial charge in [0.25, 0.3) is 0 Å². The number of benzene rings is 1. The van der Waals surface area contributed by atoms with Gasteiger partial charge in [0.1, 0.15) is 5.84 Å². The SMILES string of the molecule is CN1CCC2(CC1)Cc1cc(Cl)c(Cl)cc1NC2=NCc1cccn1C. The largest absolute Gasteiger partial charge is 0.353 e. The molecule has 0 unspecified atom stereocenters. The first kappa shape index (κ1) is 17.9. The summed E-state index contributed by atoms with van der Waals surface area (Å²) in [7, 11) is 4.25. The van der Waals surface area contributed by atoms with Crippen molar-refractivity contribution in [2.75, 3.05) is 25.5 Å². The summed E-state index contributed by atoms with van der Waals surface area (Å²) in [6.45, 7) is 2.85. The molecule has 26 heavy (non-hydrogen) atoms. The Morgan fingerprint density at radius 1 is 1.15 bits per heavy atom. The fourth-order valence-electron chi connectivity index (χ4n) is 4.05. The monoisotopic (exact) mass is 390 g/mol. The molecule has 3 heterocycles. The zero-order valence-corrected chi connectivity index (χ0v) is 16.7. The van der Waals surface area contributed by atoms with Crippen LogP contribution in [0.4, 0.5) is 5.69 Å². The van der Waals surface area contributed by atoms with E-state index in [0.717, 1.165) is 43.9 Å². The van der Waals surface area contributed by atoms with Gasteiger partial charge in [0, 0.05) is 30.0 Å². The maximum Gasteiger partial charge on any atom is 0.108 e. The highest BCUT2D eigenvalue weighted by molar-refractivity contribution is 6.42. The van der Waals surface area contributed by atoms with Crippen LogP contribution in [0.2, 0.25) is 10.0 Å². The minimum Gasteiger partial charge on any atom is -0.353 e. The van der Waals surface area contributed by atoms with Gasteiger partial charge in [-0.3, -0.25) is 4.99 Å². The predicted octanol–water partition coefficient (Wildman–Crippen LogP) is 4.61. The molecule has 2 aliphatic heterocycles. The highest BCUT2D eigenvalue weighted by atomic mass is 35.5. The van der Waals surface area contributed by atoms with Crippen LogP contribution in [0.15, 0.2) is 35.5 Å². The second-order valence-corrected chi connectivity index (χ2v) is 8.40. The number of aromatic nitrogens is 1. The lowest BCUT2D eigenvalue weighted by atomic mass is 9.70. The van der Waals surface area contributed by atoms with Gasteiger partial charge < -0.3 is 14.8 Å². The highest BCUT2D eigenvalue weighted by Gasteiger charge is 2.42. The van der Waals surface area contributed by atoms with E-state index >= 15 is 0 Å². The van der Waals surface area contributed by atoms with Crippen LogP contribution < -0.4 is 5.32 Å². The summed E-state index contributed by atoms with van der Waals surface area (Å²) < 4.78 is 2.12. The lowest BCUT2D eigenvalue weighted by Crippen LogP contribution is -2.49. The maximum atomic E-state index is 6.28. The Morgan fingerprint density at radius 3 is 2.58 bits per heavy atom. The second-order valence-electron chi connectivity index (χ2n) is 7.58. The van der Waals surface area contributed by atoms with Gasteiger partial charge in [-0.15, -0.1) is 0 Å². The van der Waals surface area contributed by atoms with E-state index in [4.69, 9.17) is 28.2 Å². The van der Waals surface area contributed by atoms with E-state index in [1.165, 1.54) is 11.3 Å². The molecule has 0 saturated carbocycles. The van der Waals surface area contributed by atoms with Crippen LogP contribution in [-0.2, 0) is 20.0 Å².